The summed E-state index contributed by atoms with van der Waals surface area (Å²) in [6, 6.07) is 0.597. The van der Waals surface area contributed by atoms with Crippen LogP contribution in [0.1, 0.15) is 46.0 Å². The molecule has 0 aromatic heterocycles. The molecule has 1 aliphatic rings. The number of nitrogens with zero attached hydrogens (tertiary/aromatic N) is 2. The van der Waals surface area contributed by atoms with Crippen LogP contribution in [-0.2, 0) is 0 Å². The van der Waals surface area contributed by atoms with Crippen molar-refractivity contribution >= 4 is 5.84 Å². The normalized spacial score (nSPS) is 18.8. The Hall–Kier alpha value is -0.810. The van der Waals surface area contributed by atoms with Gasteiger partial charge in [0.25, 0.3) is 0 Å². The molecule has 0 aliphatic heterocycles. The average Bonchev–Trinajstić information content (AvgIpc) is 2.87. The van der Waals surface area contributed by atoms with Crippen molar-refractivity contribution in [2.24, 2.45) is 16.3 Å². The van der Waals surface area contributed by atoms with E-state index in [2.05, 4.69) is 10.1 Å². The van der Waals surface area contributed by atoms with Crippen LogP contribution in [0.25, 0.3) is 0 Å². The Kier molecular flexibility index (Phi) is 5.88. The summed E-state index contributed by atoms with van der Waals surface area (Å²) < 4.78 is 0. The second kappa shape index (κ2) is 6.95. The Morgan fingerprint density at radius 3 is 2.44 bits per heavy atom. The predicted octanol–water partition coefficient (Wildman–Crippen LogP) is 1.39. The van der Waals surface area contributed by atoms with Gasteiger partial charge in [-0.2, -0.15) is 0 Å². The Balaban J connectivity index is 2.51. The van der Waals surface area contributed by atoms with Gasteiger partial charge in [-0.15, -0.1) is 0 Å². The molecule has 0 heterocycles. The van der Waals surface area contributed by atoms with E-state index in [1.807, 2.05) is 13.8 Å². The summed E-state index contributed by atoms with van der Waals surface area (Å²) >= 11 is 0. The van der Waals surface area contributed by atoms with Crippen LogP contribution in [0, 0.1) is 5.41 Å². The van der Waals surface area contributed by atoms with Crippen molar-refractivity contribution < 1.29 is 10.3 Å². The van der Waals surface area contributed by atoms with Crippen molar-refractivity contribution in [1.29, 1.82) is 0 Å². The molecular formula is C13H27N3O2. The molecular weight excluding hydrogens is 230 g/mol. The van der Waals surface area contributed by atoms with E-state index in [9.17, 15) is 0 Å². The highest BCUT2D eigenvalue weighted by atomic mass is 16.4. The molecule has 1 rings (SSSR count). The van der Waals surface area contributed by atoms with Crippen LogP contribution >= 0.6 is 0 Å². The van der Waals surface area contributed by atoms with E-state index >= 15 is 0 Å². The number of aliphatic hydroxyl groups is 1. The zero-order chi connectivity index (χ0) is 13.6. The molecule has 0 spiro atoms. The largest absolute Gasteiger partial charge is 0.409 e. The van der Waals surface area contributed by atoms with Crippen LogP contribution in [0.4, 0.5) is 0 Å². The second-order valence-electron chi connectivity index (χ2n) is 5.82. The molecule has 0 radical (unpaired) electrons. The molecule has 5 nitrogen and oxygen atoms in total. The Labute approximate surface area is 110 Å². The van der Waals surface area contributed by atoms with Gasteiger partial charge in [0, 0.05) is 18.0 Å². The van der Waals surface area contributed by atoms with Crippen molar-refractivity contribution in [3.8, 4) is 0 Å². The molecule has 0 saturated heterocycles. The van der Waals surface area contributed by atoms with E-state index < -0.39 is 0 Å². The van der Waals surface area contributed by atoms with Crippen molar-refractivity contribution in [3.63, 3.8) is 0 Å². The van der Waals surface area contributed by atoms with E-state index in [1.54, 1.807) is 0 Å². The summed E-state index contributed by atoms with van der Waals surface area (Å²) in [7, 11) is 0. The van der Waals surface area contributed by atoms with Crippen LogP contribution in [0.15, 0.2) is 5.16 Å². The maximum atomic E-state index is 9.15. The van der Waals surface area contributed by atoms with Crippen LogP contribution in [0.3, 0.4) is 0 Å². The first-order valence-electron chi connectivity index (χ1n) is 6.84. The van der Waals surface area contributed by atoms with Gasteiger partial charge < -0.3 is 16.0 Å². The number of hydrogen-bond donors (Lipinski definition) is 3. The minimum atomic E-state index is -0.305. The number of oxime groups is 1. The molecule has 4 N–H and O–H groups in total. The Morgan fingerprint density at radius 2 is 1.94 bits per heavy atom. The summed E-state index contributed by atoms with van der Waals surface area (Å²) in [4.78, 5) is 2.35. The first kappa shape index (κ1) is 15.2. The lowest BCUT2D eigenvalue weighted by Gasteiger charge is -2.32. The van der Waals surface area contributed by atoms with E-state index in [4.69, 9.17) is 16.0 Å². The number of nitrogens with two attached hydrogens (primary N) is 1. The summed E-state index contributed by atoms with van der Waals surface area (Å²) in [5, 5.41) is 21.0. The van der Waals surface area contributed by atoms with Crippen LogP contribution in [-0.4, -0.2) is 46.8 Å². The van der Waals surface area contributed by atoms with E-state index in [1.165, 1.54) is 25.7 Å². The van der Waals surface area contributed by atoms with Gasteiger partial charge in [0.1, 0.15) is 5.84 Å². The molecule has 5 heteroatoms. The number of hydrogen-bond acceptors (Lipinski definition) is 4. The topological polar surface area (TPSA) is 82.1 Å². The Morgan fingerprint density at radius 1 is 1.33 bits per heavy atom. The molecule has 0 bridgehead atoms. The third-order valence-electron chi connectivity index (χ3n) is 4.05. The number of aliphatic hydroxyl groups excluding tert-OH is 1. The predicted molar refractivity (Wildman–Crippen MR) is 72.7 cm³/mol. The standard InChI is InChI=1S/C13H27N3O2/c1-13(2,12(14)15-18)7-8-16(9-10-17)11-5-3-4-6-11/h11,17-18H,3-10H2,1-2H3,(H2,14,15). The lowest BCUT2D eigenvalue weighted by atomic mass is 9.87. The molecule has 1 saturated carbocycles. The second-order valence-corrected chi connectivity index (χ2v) is 5.82. The summed E-state index contributed by atoms with van der Waals surface area (Å²) in [5.74, 6) is 0.276. The molecule has 0 atom stereocenters. The zero-order valence-corrected chi connectivity index (χ0v) is 11.6. The molecule has 0 unspecified atom stereocenters. The third-order valence-corrected chi connectivity index (χ3v) is 4.05. The fourth-order valence-electron chi connectivity index (χ4n) is 2.56. The smallest absolute Gasteiger partial charge is 0.144 e. The SMILES string of the molecule is CC(C)(CCN(CCO)C1CCCC1)C(N)=NO. The summed E-state index contributed by atoms with van der Waals surface area (Å²) in [5.41, 5.74) is 5.39. The molecule has 106 valence electrons. The lowest BCUT2D eigenvalue weighted by Crippen LogP contribution is -2.40. The first-order chi connectivity index (χ1) is 8.51. The molecule has 1 fully saturated rings. The average molecular weight is 257 g/mol. The summed E-state index contributed by atoms with van der Waals surface area (Å²) in [6.07, 6.45) is 5.86. The van der Waals surface area contributed by atoms with Gasteiger partial charge in [-0.25, -0.2) is 0 Å². The fraction of sp³-hybridized carbons (Fsp3) is 0.923. The third kappa shape index (κ3) is 4.14. The summed E-state index contributed by atoms with van der Waals surface area (Å²) in [6.45, 7) is 5.76. The monoisotopic (exact) mass is 257 g/mol. The Bertz CT molecular complexity index is 273. The lowest BCUT2D eigenvalue weighted by molar-refractivity contribution is 0.140. The molecule has 0 amide bonds. The zero-order valence-electron chi connectivity index (χ0n) is 11.6. The van der Waals surface area contributed by atoms with Crippen LogP contribution in [0.5, 0.6) is 0 Å². The van der Waals surface area contributed by atoms with Gasteiger partial charge in [0.15, 0.2) is 0 Å². The minimum absolute atomic E-state index is 0.195. The first-order valence-corrected chi connectivity index (χ1v) is 6.84. The molecule has 1 aliphatic carbocycles. The highest BCUT2D eigenvalue weighted by molar-refractivity contribution is 5.85. The fourth-order valence-corrected chi connectivity index (χ4v) is 2.56. The van der Waals surface area contributed by atoms with Gasteiger partial charge in [-0.05, 0) is 25.8 Å². The highest BCUT2D eigenvalue weighted by Crippen LogP contribution is 2.26. The molecule has 0 aromatic carbocycles. The van der Waals surface area contributed by atoms with Gasteiger partial charge in [0.05, 0.1) is 6.61 Å². The van der Waals surface area contributed by atoms with Crippen molar-refractivity contribution in [2.45, 2.75) is 52.0 Å². The molecule has 0 aromatic rings. The van der Waals surface area contributed by atoms with Crippen LogP contribution < -0.4 is 5.73 Å². The van der Waals surface area contributed by atoms with E-state index in [-0.39, 0.29) is 17.9 Å². The van der Waals surface area contributed by atoms with Crippen molar-refractivity contribution in [2.75, 3.05) is 19.7 Å². The van der Waals surface area contributed by atoms with Gasteiger partial charge >= 0.3 is 0 Å². The quantitative estimate of drug-likeness (QED) is 0.278. The van der Waals surface area contributed by atoms with Crippen molar-refractivity contribution in [1.82, 2.24) is 4.90 Å². The minimum Gasteiger partial charge on any atom is -0.409 e. The molecule has 18 heavy (non-hydrogen) atoms. The van der Waals surface area contributed by atoms with Gasteiger partial charge in [-0.3, -0.25) is 4.90 Å². The van der Waals surface area contributed by atoms with E-state index in [0.717, 1.165) is 19.5 Å². The van der Waals surface area contributed by atoms with Gasteiger partial charge in [-0.1, -0.05) is 31.8 Å². The number of amidine groups is 1. The maximum Gasteiger partial charge on any atom is 0.144 e. The van der Waals surface area contributed by atoms with Gasteiger partial charge in [0.2, 0.25) is 0 Å². The van der Waals surface area contributed by atoms with Crippen LogP contribution in [0.2, 0.25) is 0 Å². The maximum absolute atomic E-state index is 9.15. The number of rotatable bonds is 7. The van der Waals surface area contributed by atoms with Crippen molar-refractivity contribution in [3.05, 3.63) is 0 Å². The highest BCUT2D eigenvalue weighted by Gasteiger charge is 2.27. The van der Waals surface area contributed by atoms with E-state index in [0.29, 0.717) is 6.04 Å².